The van der Waals surface area contributed by atoms with Crippen LogP contribution in [0.25, 0.3) is 5.65 Å². The summed E-state index contributed by atoms with van der Waals surface area (Å²) in [5.41, 5.74) is 1.12. The molecule has 3 rings (SSSR count). The number of rotatable bonds is 2. The zero-order valence-electron chi connectivity index (χ0n) is 8.01. The van der Waals surface area contributed by atoms with Gasteiger partial charge in [0.1, 0.15) is 17.5 Å². The second kappa shape index (κ2) is 2.95. The third-order valence-electron chi connectivity index (χ3n) is 2.45. The second-order valence-corrected chi connectivity index (χ2v) is 3.65. The van der Waals surface area contributed by atoms with Crippen LogP contribution in [0.15, 0.2) is 18.5 Å². The van der Waals surface area contributed by atoms with Crippen molar-refractivity contribution < 1.29 is 0 Å². The fourth-order valence-corrected chi connectivity index (χ4v) is 1.52. The van der Waals surface area contributed by atoms with Gasteiger partial charge in [0, 0.05) is 12.2 Å². The summed E-state index contributed by atoms with van der Waals surface area (Å²) in [5.74, 6) is 0.906. The fourth-order valence-electron chi connectivity index (χ4n) is 1.52. The van der Waals surface area contributed by atoms with E-state index in [-0.39, 0.29) is 0 Å². The van der Waals surface area contributed by atoms with Gasteiger partial charge in [-0.05, 0) is 18.9 Å². The first-order valence-corrected chi connectivity index (χ1v) is 4.88. The van der Waals surface area contributed by atoms with Gasteiger partial charge in [-0.2, -0.15) is 14.9 Å². The van der Waals surface area contributed by atoms with E-state index in [0.29, 0.717) is 17.3 Å². The van der Waals surface area contributed by atoms with E-state index in [9.17, 15) is 0 Å². The lowest BCUT2D eigenvalue weighted by molar-refractivity contribution is 0.924. The lowest BCUT2D eigenvalue weighted by Gasteiger charge is -2.05. The van der Waals surface area contributed by atoms with E-state index in [1.165, 1.54) is 12.8 Å². The highest BCUT2D eigenvalue weighted by molar-refractivity contribution is 5.58. The maximum Gasteiger partial charge on any atom is 0.175 e. The largest absolute Gasteiger partial charge is 0.367 e. The highest BCUT2D eigenvalue weighted by atomic mass is 15.3. The molecule has 1 saturated carbocycles. The monoisotopic (exact) mass is 199 g/mol. The van der Waals surface area contributed by atoms with Crippen LogP contribution in [0.2, 0.25) is 0 Å². The number of fused-ring (bicyclic) bond motifs is 1. The molecule has 2 aromatic rings. The SMILES string of the molecule is N#Cc1cnn2c(NC3CC3)ccnc12. The molecule has 0 spiro atoms. The van der Waals surface area contributed by atoms with Crippen LogP contribution < -0.4 is 5.32 Å². The molecular formula is C10H9N5. The predicted octanol–water partition coefficient (Wildman–Crippen LogP) is 1.18. The third-order valence-corrected chi connectivity index (χ3v) is 2.45. The summed E-state index contributed by atoms with van der Waals surface area (Å²) >= 11 is 0. The molecule has 0 radical (unpaired) electrons. The number of anilines is 1. The van der Waals surface area contributed by atoms with E-state index < -0.39 is 0 Å². The van der Waals surface area contributed by atoms with Gasteiger partial charge in [-0.25, -0.2) is 4.98 Å². The Balaban J connectivity index is 2.13. The fraction of sp³-hybridized carbons (Fsp3) is 0.300. The Labute approximate surface area is 86.4 Å². The molecule has 2 aromatic heterocycles. The van der Waals surface area contributed by atoms with Gasteiger partial charge < -0.3 is 5.32 Å². The van der Waals surface area contributed by atoms with Gasteiger partial charge in [-0.1, -0.05) is 0 Å². The summed E-state index contributed by atoms with van der Waals surface area (Å²) in [6.45, 7) is 0. The lowest BCUT2D eigenvalue weighted by atomic mass is 10.4. The van der Waals surface area contributed by atoms with Crippen LogP contribution >= 0.6 is 0 Å². The Morgan fingerprint density at radius 3 is 3.13 bits per heavy atom. The molecular weight excluding hydrogens is 190 g/mol. The predicted molar refractivity (Wildman–Crippen MR) is 54.3 cm³/mol. The van der Waals surface area contributed by atoms with Gasteiger partial charge in [0.15, 0.2) is 5.65 Å². The summed E-state index contributed by atoms with van der Waals surface area (Å²) in [5, 5.41) is 16.3. The van der Waals surface area contributed by atoms with Gasteiger partial charge in [-0.15, -0.1) is 0 Å². The van der Waals surface area contributed by atoms with E-state index in [4.69, 9.17) is 5.26 Å². The van der Waals surface area contributed by atoms with Crippen LogP contribution in [0.4, 0.5) is 5.82 Å². The van der Waals surface area contributed by atoms with E-state index in [1.54, 1.807) is 16.9 Å². The van der Waals surface area contributed by atoms with E-state index in [1.807, 2.05) is 6.07 Å². The van der Waals surface area contributed by atoms with Crippen molar-refractivity contribution >= 4 is 11.5 Å². The first kappa shape index (κ1) is 8.24. The van der Waals surface area contributed by atoms with Gasteiger partial charge >= 0.3 is 0 Å². The number of hydrogen-bond acceptors (Lipinski definition) is 4. The molecule has 5 nitrogen and oxygen atoms in total. The Bertz CT molecular complexity index is 546. The third kappa shape index (κ3) is 1.31. The molecule has 0 amide bonds. The molecule has 1 aliphatic carbocycles. The highest BCUT2D eigenvalue weighted by Crippen LogP contribution is 2.24. The number of aromatic nitrogens is 3. The molecule has 0 unspecified atom stereocenters. The van der Waals surface area contributed by atoms with Gasteiger partial charge in [-0.3, -0.25) is 0 Å². The summed E-state index contributed by atoms with van der Waals surface area (Å²) in [4.78, 5) is 4.14. The highest BCUT2D eigenvalue weighted by Gasteiger charge is 2.22. The first-order chi connectivity index (χ1) is 7.38. The molecule has 5 heteroatoms. The normalized spacial score (nSPS) is 15.1. The maximum absolute atomic E-state index is 8.85. The number of nitrogens with one attached hydrogen (secondary N) is 1. The first-order valence-electron chi connectivity index (χ1n) is 4.88. The molecule has 0 aromatic carbocycles. The average molecular weight is 199 g/mol. The van der Waals surface area contributed by atoms with Crippen molar-refractivity contribution in [1.29, 1.82) is 5.26 Å². The smallest absolute Gasteiger partial charge is 0.175 e. The Morgan fingerprint density at radius 2 is 2.40 bits per heavy atom. The van der Waals surface area contributed by atoms with E-state index in [2.05, 4.69) is 21.5 Å². The van der Waals surface area contributed by atoms with E-state index in [0.717, 1.165) is 5.82 Å². The van der Waals surface area contributed by atoms with Crippen LogP contribution in [-0.2, 0) is 0 Å². The Kier molecular flexibility index (Phi) is 1.62. The van der Waals surface area contributed by atoms with Crippen LogP contribution in [0.3, 0.4) is 0 Å². The quantitative estimate of drug-likeness (QED) is 0.788. The summed E-state index contributed by atoms with van der Waals surface area (Å²) in [6, 6.07) is 4.51. The molecule has 1 fully saturated rings. The van der Waals surface area contributed by atoms with Crippen molar-refractivity contribution in [2.75, 3.05) is 5.32 Å². The van der Waals surface area contributed by atoms with Gasteiger partial charge in [0.05, 0.1) is 6.20 Å². The zero-order chi connectivity index (χ0) is 10.3. The molecule has 0 saturated heterocycles. The topological polar surface area (TPSA) is 66.0 Å². The van der Waals surface area contributed by atoms with Crippen LogP contribution in [0.5, 0.6) is 0 Å². The maximum atomic E-state index is 8.85. The second-order valence-electron chi connectivity index (χ2n) is 3.65. The molecule has 1 aliphatic rings. The Hall–Kier alpha value is -2.09. The van der Waals surface area contributed by atoms with Crippen molar-refractivity contribution in [3.8, 4) is 6.07 Å². The number of hydrogen-bond donors (Lipinski definition) is 1. The zero-order valence-corrected chi connectivity index (χ0v) is 8.01. The van der Waals surface area contributed by atoms with Gasteiger partial charge in [0.25, 0.3) is 0 Å². The van der Waals surface area contributed by atoms with Crippen molar-refractivity contribution in [2.45, 2.75) is 18.9 Å². The van der Waals surface area contributed by atoms with Crippen molar-refractivity contribution in [2.24, 2.45) is 0 Å². The van der Waals surface area contributed by atoms with Crippen molar-refractivity contribution in [1.82, 2.24) is 14.6 Å². The van der Waals surface area contributed by atoms with Crippen molar-refractivity contribution in [3.05, 3.63) is 24.0 Å². The Morgan fingerprint density at radius 1 is 1.53 bits per heavy atom. The van der Waals surface area contributed by atoms with E-state index >= 15 is 0 Å². The molecule has 0 aliphatic heterocycles. The molecule has 74 valence electrons. The molecule has 0 atom stereocenters. The summed E-state index contributed by atoms with van der Waals surface area (Å²) in [6.07, 6.45) is 5.65. The number of nitriles is 1. The van der Waals surface area contributed by atoms with Crippen LogP contribution in [0, 0.1) is 11.3 Å². The van der Waals surface area contributed by atoms with Crippen LogP contribution in [0.1, 0.15) is 18.4 Å². The minimum atomic E-state index is 0.509. The molecule has 0 bridgehead atoms. The van der Waals surface area contributed by atoms with Crippen molar-refractivity contribution in [3.63, 3.8) is 0 Å². The molecule has 15 heavy (non-hydrogen) atoms. The molecule has 1 N–H and O–H groups in total. The summed E-state index contributed by atoms with van der Waals surface area (Å²) in [7, 11) is 0. The van der Waals surface area contributed by atoms with Crippen LogP contribution in [-0.4, -0.2) is 20.6 Å². The summed E-state index contributed by atoms with van der Waals surface area (Å²) < 4.78 is 1.68. The standard InChI is InChI=1S/C10H9N5/c11-5-7-6-13-15-9(14-8-1-2-8)3-4-12-10(7)15/h3-4,6,8,14H,1-2H2. The average Bonchev–Trinajstić information content (AvgIpc) is 2.97. The van der Waals surface area contributed by atoms with Gasteiger partial charge in [0.2, 0.25) is 0 Å². The number of nitrogens with zero attached hydrogens (tertiary/aromatic N) is 4. The minimum absolute atomic E-state index is 0.509. The lowest BCUT2D eigenvalue weighted by Crippen LogP contribution is -2.07. The molecule has 2 heterocycles. The minimum Gasteiger partial charge on any atom is -0.367 e.